The molecule has 210 valence electrons. The van der Waals surface area contributed by atoms with Crippen LogP contribution >= 0.6 is 0 Å². The van der Waals surface area contributed by atoms with Gasteiger partial charge in [0.05, 0.1) is 6.54 Å². The minimum Gasteiger partial charge on any atom is -0.486 e. The number of nitrogens with zero attached hydrogens (tertiary/aromatic N) is 4. The summed E-state index contributed by atoms with van der Waals surface area (Å²) in [6, 6.07) is 25.7. The van der Waals surface area contributed by atoms with Gasteiger partial charge in [-0.2, -0.15) is 0 Å². The quantitative estimate of drug-likeness (QED) is 0.336. The lowest BCUT2D eigenvalue weighted by Crippen LogP contribution is -2.46. The molecule has 1 fully saturated rings. The Hall–Kier alpha value is -4.63. The molecule has 1 N–H and O–H groups in total. The molecule has 2 aliphatic heterocycles. The summed E-state index contributed by atoms with van der Waals surface area (Å²) in [5.74, 6) is 2.52. The fourth-order valence-corrected chi connectivity index (χ4v) is 5.06. The molecule has 2 aliphatic rings. The highest BCUT2D eigenvalue weighted by atomic mass is 16.6. The minimum atomic E-state index is -0.260. The van der Waals surface area contributed by atoms with Gasteiger partial charge in [0.2, 0.25) is 0 Å². The molecule has 0 unspecified atom stereocenters. The van der Waals surface area contributed by atoms with Crippen molar-refractivity contribution >= 4 is 11.6 Å². The number of piperazine rings is 1. The van der Waals surface area contributed by atoms with Gasteiger partial charge in [0, 0.05) is 61.9 Å². The Kier molecular flexibility index (Phi) is 8.23. The first-order valence-corrected chi connectivity index (χ1v) is 13.9. The van der Waals surface area contributed by atoms with E-state index in [1.165, 1.54) is 5.69 Å². The third-order valence-electron chi connectivity index (χ3n) is 7.23. The van der Waals surface area contributed by atoms with E-state index in [0.29, 0.717) is 37.0 Å². The number of carbonyl (C=O) groups excluding carboxylic acids is 1. The third kappa shape index (κ3) is 6.75. The van der Waals surface area contributed by atoms with Crippen LogP contribution in [0, 0.1) is 0 Å². The minimum absolute atomic E-state index is 0.0971. The molecule has 0 saturated carbocycles. The lowest BCUT2D eigenvalue weighted by atomic mass is 10.1. The monoisotopic (exact) mass is 551 g/mol. The zero-order chi connectivity index (χ0) is 27.9. The van der Waals surface area contributed by atoms with E-state index in [1.54, 1.807) is 18.5 Å². The van der Waals surface area contributed by atoms with E-state index in [9.17, 15) is 4.79 Å². The number of anilines is 1. The van der Waals surface area contributed by atoms with E-state index >= 15 is 0 Å². The van der Waals surface area contributed by atoms with Crippen LogP contribution in [-0.4, -0.2) is 72.8 Å². The summed E-state index contributed by atoms with van der Waals surface area (Å²) < 4.78 is 17.7. The predicted octanol–water partition coefficient (Wildman–Crippen LogP) is 3.80. The van der Waals surface area contributed by atoms with Gasteiger partial charge >= 0.3 is 0 Å². The molecule has 3 aromatic carbocycles. The van der Waals surface area contributed by atoms with Crippen molar-refractivity contribution < 1.29 is 19.0 Å². The molecule has 3 heterocycles. The average molecular weight is 552 g/mol. The second-order valence-corrected chi connectivity index (χ2v) is 10.1. The number of rotatable bonds is 9. The molecule has 4 aromatic rings. The van der Waals surface area contributed by atoms with Gasteiger partial charge in [-0.15, -0.1) is 0 Å². The molecule has 1 atom stereocenters. The number of benzene rings is 3. The van der Waals surface area contributed by atoms with Gasteiger partial charge in [0.1, 0.15) is 18.5 Å². The molecule has 9 heteroatoms. The van der Waals surface area contributed by atoms with Crippen molar-refractivity contribution in [3.8, 4) is 28.6 Å². The van der Waals surface area contributed by atoms with Crippen LogP contribution in [0.25, 0.3) is 11.4 Å². The van der Waals surface area contributed by atoms with E-state index in [-0.39, 0.29) is 18.6 Å². The molecule has 41 heavy (non-hydrogen) atoms. The van der Waals surface area contributed by atoms with Gasteiger partial charge in [-0.1, -0.05) is 30.3 Å². The smallest absolute Gasteiger partial charge is 0.258 e. The summed E-state index contributed by atoms with van der Waals surface area (Å²) in [6.45, 7) is 5.05. The number of nitrogens with one attached hydrogen (secondary N) is 1. The summed E-state index contributed by atoms with van der Waals surface area (Å²) in [5.41, 5.74) is 3.16. The Morgan fingerprint density at radius 3 is 2.46 bits per heavy atom. The second kappa shape index (κ2) is 12.7. The fourth-order valence-electron chi connectivity index (χ4n) is 5.06. The molecule has 9 nitrogen and oxygen atoms in total. The summed E-state index contributed by atoms with van der Waals surface area (Å²) in [7, 11) is 0. The normalized spacial score (nSPS) is 16.7. The van der Waals surface area contributed by atoms with Gasteiger partial charge < -0.3 is 24.4 Å². The zero-order valence-electron chi connectivity index (χ0n) is 22.8. The number of hydrogen-bond donors (Lipinski definition) is 1. The molecular weight excluding hydrogens is 518 g/mol. The fraction of sp³-hybridized carbons (Fsp3) is 0.281. The Morgan fingerprint density at radius 1 is 0.902 bits per heavy atom. The van der Waals surface area contributed by atoms with Crippen molar-refractivity contribution in [3.63, 3.8) is 0 Å². The molecule has 6 rings (SSSR count). The van der Waals surface area contributed by atoms with Crippen LogP contribution in [0.4, 0.5) is 5.69 Å². The van der Waals surface area contributed by atoms with E-state index < -0.39 is 0 Å². The van der Waals surface area contributed by atoms with Crippen LogP contribution in [0.3, 0.4) is 0 Å². The molecule has 1 saturated heterocycles. The van der Waals surface area contributed by atoms with Gasteiger partial charge in [0.25, 0.3) is 5.91 Å². The van der Waals surface area contributed by atoms with Crippen LogP contribution in [0.1, 0.15) is 5.56 Å². The first kappa shape index (κ1) is 26.6. The number of carbonyl (C=O) groups is 1. The van der Waals surface area contributed by atoms with Crippen molar-refractivity contribution in [1.29, 1.82) is 0 Å². The number of hydrogen-bond acceptors (Lipinski definition) is 8. The number of para-hydroxylation sites is 3. The third-order valence-corrected chi connectivity index (χ3v) is 7.23. The molecular formula is C32H33N5O4. The topological polar surface area (TPSA) is 89.1 Å². The number of fused-ring (bicyclic) bond motifs is 1. The van der Waals surface area contributed by atoms with E-state index in [2.05, 4.69) is 55.4 Å². The van der Waals surface area contributed by atoms with Crippen molar-refractivity contribution in [2.24, 2.45) is 0 Å². The Balaban J connectivity index is 1.08. The van der Waals surface area contributed by atoms with E-state index in [4.69, 9.17) is 14.2 Å². The largest absolute Gasteiger partial charge is 0.486 e. The van der Waals surface area contributed by atoms with Gasteiger partial charge in [-0.05, 0) is 48.5 Å². The van der Waals surface area contributed by atoms with Gasteiger partial charge in [0.15, 0.2) is 23.9 Å². The number of ether oxygens (including phenoxy) is 3. The van der Waals surface area contributed by atoms with Crippen LogP contribution in [0.2, 0.25) is 0 Å². The second-order valence-electron chi connectivity index (χ2n) is 10.1. The Bertz CT molecular complexity index is 1450. The van der Waals surface area contributed by atoms with Crippen molar-refractivity contribution in [2.75, 3.05) is 50.8 Å². The molecule has 0 bridgehead atoms. The van der Waals surface area contributed by atoms with Crippen molar-refractivity contribution in [3.05, 3.63) is 96.8 Å². The van der Waals surface area contributed by atoms with Crippen LogP contribution in [0.5, 0.6) is 17.2 Å². The number of aromatic nitrogens is 2. The highest BCUT2D eigenvalue weighted by molar-refractivity contribution is 5.77. The predicted molar refractivity (Wildman–Crippen MR) is 156 cm³/mol. The van der Waals surface area contributed by atoms with Crippen molar-refractivity contribution in [1.82, 2.24) is 20.2 Å². The zero-order valence-corrected chi connectivity index (χ0v) is 22.8. The highest BCUT2D eigenvalue weighted by Gasteiger charge is 2.22. The molecule has 0 aliphatic carbocycles. The summed E-state index contributed by atoms with van der Waals surface area (Å²) in [4.78, 5) is 26.3. The highest BCUT2D eigenvalue weighted by Crippen LogP contribution is 2.31. The number of amides is 1. The maximum Gasteiger partial charge on any atom is 0.258 e. The van der Waals surface area contributed by atoms with Crippen LogP contribution < -0.4 is 24.4 Å². The maximum atomic E-state index is 12.7. The summed E-state index contributed by atoms with van der Waals surface area (Å²) in [6.07, 6.45) is 3.21. The lowest BCUT2D eigenvalue weighted by molar-refractivity contribution is -0.123. The first-order chi connectivity index (χ1) is 20.2. The molecule has 0 spiro atoms. The Labute approximate surface area is 239 Å². The van der Waals surface area contributed by atoms with E-state index in [0.717, 1.165) is 43.1 Å². The van der Waals surface area contributed by atoms with Crippen LogP contribution in [0.15, 0.2) is 91.3 Å². The van der Waals surface area contributed by atoms with Crippen molar-refractivity contribution in [2.45, 2.75) is 12.6 Å². The SMILES string of the molecule is O=C(COc1ccc(-c2ncccn2)cc1CN1CCN(c2ccccc2)CC1)NC[C@H]1COc2ccccc2O1. The van der Waals surface area contributed by atoms with Gasteiger partial charge in [-0.3, -0.25) is 9.69 Å². The average Bonchev–Trinajstić information content (AvgIpc) is 3.04. The van der Waals surface area contributed by atoms with Crippen LogP contribution in [-0.2, 0) is 11.3 Å². The first-order valence-electron chi connectivity index (χ1n) is 13.9. The van der Waals surface area contributed by atoms with Gasteiger partial charge in [-0.25, -0.2) is 9.97 Å². The molecule has 1 amide bonds. The summed E-state index contributed by atoms with van der Waals surface area (Å²) in [5, 5.41) is 2.91. The Morgan fingerprint density at radius 2 is 1.66 bits per heavy atom. The summed E-state index contributed by atoms with van der Waals surface area (Å²) >= 11 is 0. The lowest BCUT2D eigenvalue weighted by Gasteiger charge is -2.36. The molecule has 1 aromatic heterocycles. The standard InChI is InChI=1S/C32H33N5O4/c38-31(35-20-27-22-39-29-9-4-5-10-30(29)41-27)23-40-28-12-11-24(32-33-13-6-14-34-32)19-25(28)21-36-15-17-37(18-16-36)26-7-2-1-3-8-26/h1-14,19,27H,15-18,20-23H2,(H,35,38)/t27-/m0/s1. The maximum absolute atomic E-state index is 12.7. The van der Waals surface area contributed by atoms with E-state index in [1.807, 2.05) is 42.5 Å². The molecule has 0 radical (unpaired) electrons.